The second-order valence-electron chi connectivity index (χ2n) is 9.03. The number of rotatable bonds is 5. The summed E-state index contributed by atoms with van der Waals surface area (Å²) in [5.74, 6) is -0.257. The molecule has 1 aliphatic rings. The first kappa shape index (κ1) is 24.3. The Kier molecular flexibility index (Phi) is 6.25. The zero-order valence-corrected chi connectivity index (χ0v) is 21.2. The van der Waals surface area contributed by atoms with Crippen molar-refractivity contribution in [3.05, 3.63) is 94.8 Å². The summed E-state index contributed by atoms with van der Waals surface area (Å²) in [6, 6.07) is 17.3. The van der Waals surface area contributed by atoms with E-state index >= 15 is 0 Å². The van der Waals surface area contributed by atoms with Crippen molar-refractivity contribution in [3.8, 4) is 5.69 Å². The van der Waals surface area contributed by atoms with Gasteiger partial charge in [0.15, 0.2) is 5.82 Å². The average molecular weight is 540 g/mol. The van der Waals surface area contributed by atoms with E-state index in [0.717, 1.165) is 16.5 Å². The van der Waals surface area contributed by atoms with Crippen LogP contribution in [0.3, 0.4) is 0 Å². The van der Waals surface area contributed by atoms with Crippen LogP contribution in [0.2, 0.25) is 5.02 Å². The van der Waals surface area contributed by atoms with Crippen LogP contribution >= 0.6 is 11.6 Å². The van der Waals surface area contributed by atoms with Gasteiger partial charge < -0.3 is 16.0 Å². The molecular formula is C27H22ClN9O2. The van der Waals surface area contributed by atoms with Crippen LogP contribution in [0.1, 0.15) is 22.7 Å². The Morgan fingerprint density at radius 3 is 2.85 bits per heavy atom. The van der Waals surface area contributed by atoms with E-state index in [1.54, 1.807) is 47.4 Å². The highest BCUT2D eigenvalue weighted by molar-refractivity contribution is 6.30. The summed E-state index contributed by atoms with van der Waals surface area (Å²) >= 11 is 6.22. The number of tetrazole rings is 1. The summed E-state index contributed by atoms with van der Waals surface area (Å²) in [7, 11) is 0. The molecule has 0 unspecified atom stereocenters. The van der Waals surface area contributed by atoms with Gasteiger partial charge in [0.25, 0.3) is 5.91 Å². The van der Waals surface area contributed by atoms with E-state index in [9.17, 15) is 9.59 Å². The minimum absolute atomic E-state index is 0.316. The van der Waals surface area contributed by atoms with Crippen molar-refractivity contribution in [2.45, 2.75) is 12.5 Å². The van der Waals surface area contributed by atoms with Gasteiger partial charge in [-0.25, -0.2) is 0 Å². The van der Waals surface area contributed by atoms with Gasteiger partial charge in [0.1, 0.15) is 12.4 Å². The van der Waals surface area contributed by atoms with Crippen molar-refractivity contribution in [2.75, 3.05) is 17.6 Å². The van der Waals surface area contributed by atoms with Crippen LogP contribution in [0.25, 0.3) is 22.7 Å². The standard InChI is InChI=1S/C27H22ClN9O2/c28-18-6-9-23(37-15-30-34-35-37)17(13-18)5-10-24(38)36-12-11-16-3-1-2-4-20(16)25(36)27(39)31-19-7-8-21-22(14-19)32-33-26(21)29/h1-10,13-15,25H,11-12H2,(H,31,39)(H3,29,32,33)/t25-/m0/s1. The van der Waals surface area contributed by atoms with Crippen LogP contribution < -0.4 is 11.1 Å². The number of H-pyrrole nitrogens is 1. The predicted octanol–water partition coefficient (Wildman–Crippen LogP) is 3.55. The molecule has 0 spiro atoms. The van der Waals surface area contributed by atoms with Crippen molar-refractivity contribution >= 4 is 51.9 Å². The molecule has 194 valence electrons. The van der Waals surface area contributed by atoms with E-state index in [0.29, 0.717) is 46.3 Å². The van der Waals surface area contributed by atoms with Gasteiger partial charge in [0.2, 0.25) is 5.91 Å². The fourth-order valence-corrected chi connectivity index (χ4v) is 4.99. The molecule has 0 bridgehead atoms. The topological polar surface area (TPSA) is 148 Å². The van der Waals surface area contributed by atoms with Crippen molar-refractivity contribution in [1.82, 2.24) is 35.3 Å². The van der Waals surface area contributed by atoms with Crippen LogP contribution in [0.5, 0.6) is 0 Å². The van der Waals surface area contributed by atoms with Gasteiger partial charge in [0.05, 0.1) is 11.2 Å². The maximum Gasteiger partial charge on any atom is 0.251 e. The van der Waals surface area contributed by atoms with Gasteiger partial charge in [-0.05, 0) is 70.4 Å². The largest absolute Gasteiger partial charge is 0.382 e. The molecule has 0 fully saturated rings. The molecule has 2 aromatic heterocycles. The number of hydrogen-bond donors (Lipinski definition) is 3. The molecule has 3 heterocycles. The van der Waals surface area contributed by atoms with E-state index in [4.69, 9.17) is 17.3 Å². The van der Waals surface area contributed by atoms with Crippen molar-refractivity contribution in [2.24, 2.45) is 0 Å². The smallest absolute Gasteiger partial charge is 0.251 e. The monoisotopic (exact) mass is 539 g/mol. The third-order valence-corrected chi connectivity index (χ3v) is 6.90. The fraction of sp³-hybridized carbons (Fsp3) is 0.111. The average Bonchev–Trinajstić information content (AvgIpc) is 3.61. The Morgan fingerprint density at radius 1 is 1.13 bits per heavy atom. The molecule has 0 saturated heterocycles. The number of halogens is 1. The lowest BCUT2D eigenvalue weighted by atomic mass is 9.91. The molecule has 3 aromatic carbocycles. The number of amides is 2. The van der Waals surface area contributed by atoms with Crippen molar-refractivity contribution < 1.29 is 9.59 Å². The van der Waals surface area contributed by atoms with E-state index in [1.807, 2.05) is 24.3 Å². The fourth-order valence-electron chi connectivity index (χ4n) is 4.81. The first-order valence-corrected chi connectivity index (χ1v) is 12.5. The summed E-state index contributed by atoms with van der Waals surface area (Å²) in [6.07, 6.45) is 5.18. The molecule has 1 aliphatic heterocycles. The van der Waals surface area contributed by atoms with E-state index in [2.05, 4.69) is 31.0 Å². The van der Waals surface area contributed by atoms with Crippen molar-refractivity contribution in [3.63, 3.8) is 0 Å². The molecule has 0 saturated carbocycles. The van der Waals surface area contributed by atoms with Gasteiger partial charge in [-0.1, -0.05) is 35.9 Å². The molecule has 2 amide bonds. The second-order valence-corrected chi connectivity index (χ2v) is 9.47. The molecule has 12 heteroatoms. The van der Waals surface area contributed by atoms with Crippen molar-refractivity contribution in [1.29, 1.82) is 0 Å². The third kappa shape index (κ3) is 4.71. The molecule has 4 N–H and O–H groups in total. The number of anilines is 2. The highest BCUT2D eigenvalue weighted by atomic mass is 35.5. The van der Waals surface area contributed by atoms with Gasteiger partial charge >= 0.3 is 0 Å². The third-order valence-electron chi connectivity index (χ3n) is 6.67. The second kappa shape index (κ2) is 10.0. The normalized spacial score (nSPS) is 15.0. The number of hydrogen-bond acceptors (Lipinski definition) is 7. The molecule has 6 rings (SSSR count). The highest BCUT2D eigenvalue weighted by Crippen LogP contribution is 2.32. The van der Waals surface area contributed by atoms with E-state index in [1.165, 1.54) is 17.1 Å². The Hall–Kier alpha value is -5.03. The van der Waals surface area contributed by atoms with Gasteiger partial charge in [-0.2, -0.15) is 9.78 Å². The van der Waals surface area contributed by atoms with Gasteiger partial charge in [0, 0.05) is 34.3 Å². The molecule has 39 heavy (non-hydrogen) atoms. The summed E-state index contributed by atoms with van der Waals surface area (Å²) in [5.41, 5.74) is 10.2. The summed E-state index contributed by atoms with van der Waals surface area (Å²) in [4.78, 5) is 28.8. The zero-order chi connectivity index (χ0) is 26.9. The lowest BCUT2D eigenvalue weighted by Gasteiger charge is -2.35. The van der Waals surface area contributed by atoms with Crippen LogP contribution in [0.4, 0.5) is 11.5 Å². The molecule has 1 atom stereocenters. The molecule has 11 nitrogen and oxygen atoms in total. The van der Waals surface area contributed by atoms with Crippen LogP contribution in [-0.2, 0) is 16.0 Å². The maximum atomic E-state index is 13.7. The summed E-state index contributed by atoms with van der Waals surface area (Å²) in [5, 5.41) is 22.4. The molecule has 0 aliphatic carbocycles. The Labute approximate surface area is 227 Å². The molecule has 5 aromatic rings. The number of aromatic nitrogens is 6. The van der Waals surface area contributed by atoms with Gasteiger partial charge in [-0.15, -0.1) is 5.10 Å². The quantitative estimate of drug-likeness (QED) is 0.289. The molecular weight excluding hydrogens is 518 g/mol. The summed E-state index contributed by atoms with van der Waals surface area (Å²) in [6.45, 7) is 0.379. The minimum atomic E-state index is -0.826. The first-order valence-electron chi connectivity index (χ1n) is 12.1. The Morgan fingerprint density at radius 2 is 2.00 bits per heavy atom. The van der Waals surface area contributed by atoms with Crippen LogP contribution in [0.15, 0.2) is 73.1 Å². The zero-order valence-electron chi connectivity index (χ0n) is 20.5. The first-order chi connectivity index (χ1) is 19.0. The molecule has 0 radical (unpaired) electrons. The SMILES string of the molecule is Nc1n[nH]c2cc(NC(=O)[C@@H]3c4ccccc4CCN3C(=O)C=Cc3cc(Cl)ccc3-n3cnnn3)ccc12. The van der Waals surface area contributed by atoms with Gasteiger partial charge in [-0.3, -0.25) is 14.7 Å². The highest BCUT2D eigenvalue weighted by Gasteiger charge is 2.35. The number of fused-ring (bicyclic) bond motifs is 2. The number of carbonyl (C=O) groups is 2. The number of nitrogens with one attached hydrogen (secondary N) is 2. The van der Waals surface area contributed by atoms with Crippen LogP contribution in [0, 0.1) is 0 Å². The predicted molar refractivity (Wildman–Crippen MR) is 147 cm³/mol. The number of benzene rings is 3. The van der Waals surface area contributed by atoms with E-state index in [-0.39, 0.29) is 11.8 Å². The minimum Gasteiger partial charge on any atom is -0.382 e. The lowest BCUT2D eigenvalue weighted by molar-refractivity contribution is -0.135. The van der Waals surface area contributed by atoms with E-state index < -0.39 is 6.04 Å². The number of nitrogens with two attached hydrogens (primary N) is 1. The van der Waals surface area contributed by atoms with Crippen LogP contribution in [-0.4, -0.2) is 53.7 Å². The number of nitrogens with zero attached hydrogens (tertiary/aromatic N) is 6. The lowest BCUT2D eigenvalue weighted by Crippen LogP contribution is -2.44. The number of carbonyl (C=O) groups excluding carboxylic acids is 2. The Balaban J connectivity index is 1.30. The summed E-state index contributed by atoms with van der Waals surface area (Å²) < 4.78 is 1.48. The maximum absolute atomic E-state index is 13.7. The number of aromatic amines is 1. The number of nitrogen functional groups attached to an aromatic ring is 1. The Bertz CT molecular complexity index is 1730.